The van der Waals surface area contributed by atoms with E-state index < -0.39 is 0 Å². The van der Waals surface area contributed by atoms with Gasteiger partial charge in [-0.3, -0.25) is 4.99 Å². The van der Waals surface area contributed by atoms with Crippen LogP contribution in [0.1, 0.15) is 16.8 Å². The van der Waals surface area contributed by atoms with E-state index in [1.165, 1.54) is 5.56 Å². The summed E-state index contributed by atoms with van der Waals surface area (Å²) in [5, 5.41) is 7.12. The standard InChI is InChI=1S/C21H23ClN4O2.HI/c1-14-4-6-15(7-5-14)20-26-18(13-28-20)12-25-21(23-2)24-11-16-8-9-17(22)10-19(16)27-3;/h4-10,13H,11-12H2,1-3H3,(H2,23,24,25);1H. The molecule has 29 heavy (non-hydrogen) atoms. The predicted molar refractivity (Wildman–Crippen MR) is 127 cm³/mol. The number of halogens is 2. The highest BCUT2D eigenvalue weighted by molar-refractivity contribution is 14.0. The summed E-state index contributed by atoms with van der Waals surface area (Å²) in [4.78, 5) is 8.76. The number of rotatable bonds is 6. The molecule has 0 fully saturated rings. The lowest BCUT2D eigenvalue weighted by atomic mass is 10.1. The number of guanidine groups is 1. The van der Waals surface area contributed by atoms with Crippen LogP contribution in [0, 0.1) is 6.92 Å². The van der Waals surface area contributed by atoms with E-state index in [4.69, 9.17) is 20.8 Å². The van der Waals surface area contributed by atoms with Gasteiger partial charge in [0, 0.05) is 29.7 Å². The van der Waals surface area contributed by atoms with E-state index in [9.17, 15) is 0 Å². The summed E-state index contributed by atoms with van der Waals surface area (Å²) in [6.45, 7) is 3.09. The molecule has 3 aromatic rings. The Balaban J connectivity index is 0.00000300. The van der Waals surface area contributed by atoms with E-state index in [1.807, 2.05) is 43.3 Å². The SMILES string of the molecule is CN=C(NCc1coc(-c2ccc(C)cc2)n1)NCc1ccc(Cl)cc1OC.I. The number of ether oxygens (including phenoxy) is 1. The lowest BCUT2D eigenvalue weighted by Gasteiger charge is -2.13. The Morgan fingerprint density at radius 1 is 1.14 bits per heavy atom. The third-order valence-electron chi connectivity index (χ3n) is 4.21. The lowest BCUT2D eigenvalue weighted by molar-refractivity contribution is 0.409. The van der Waals surface area contributed by atoms with Crippen LogP contribution in [-0.4, -0.2) is 25.1 Å². The van der Waals surface area contributed by atoms with Gasteiger partial charge >= 0.3 is 0 Å². The quantitative estimate of drug-likeness (QED) is 0.274. The van der Waals surface area contributed by atoms with Gasteiger partial charge in [-0.1, -0.05) is 35.4 Å². The van der Waals surface area contributed by atoms with Gasteiger partial charge in [0.2, 0.25) is 5.89 Å². The zero-order chi connectivity index (χ0) is 19.9. The first-order valence-corrected chi connectivity index (χ1v) is 9.25. The van der Waals surface area contributed by atoms with Crippen LogP contribution in [0.3, 0.4) is 0 Å². The van der Waals surface area contributed by atoms with Crippen molar-refractivity contribution in [2.45, 2.75) is 20.0 Å². The molecule has 6 nitrogen and oxygen atoms in total. The molecule has 0 aliphatic heterocycles. The summed E-state index contributed by atoms with van der Waals surface area (Å²) in [7, 11) is 3.34. The lowest BCUT2D eigenvalue weighted by Crippen LogP contribution is -2.36. The fraction of sp³-hybridized carbons (Fsp3) is 0.238. The smallest absolute Gasteiger partial charge is 0.226 e. The molecule has 154 valence electrons. The van der Waals surface area contributed by atoms with Gasteiger partial charge in [-0.05, 0) is 31.2 Å². The van der Waals surface area contributed by atoms with Crippen molar-refractivity contribution >= 4 is 41.5 Å². The fourth-order valence-corrected chi connectivity index (χ4v) is 2.82. The van der Waals surface area contributed by atoms with Crippen LogP contribution >= 0.6 is 35.6 Å². The minimum atomic E-state index is 0. The van der Waals surface area contributed by atoms with Gasteiger partial charge in [0.15, 0.2) is 5.96 Å². The second-order valence-corrected chi connectivity index (χ2v) is 6.68. The number of aromatic nitrogens is 1. The van der Waals surface area contributed by atoms with Gasteiger partial charge in [0.1, 0.15) is 12.0 Å². The zero-order valence-electron chi connectivity index (χ0n) is 16.5. The monoisotopic (exact) mass is 526 g/mol. The maximum Gasteiger partial charge on any atom is 0.226 e. The second-order valence-electron chi connectivity index (χ2n) is 6.25. The van der Waals surface area contributed by atoms with Gasteiger partial charge in [0.05, 0.1) is 19.3 Å². The molecule has 3 rings (SSSR count). The Labute approximate surface area is 192 Å². The predicted octanol–water partition coefficient (Wildman–Crippen LogP) is 4.80. The number of aryl methyl sites for hydroxylation is 1. The van der Waals surface area contributed by atoms with Gasteiger partial charge in [-0.25, -0.2) is 4.98 Å². The first-order valence-electron chi connectivity index (χ1n) is 8.87. The number of hydrogen-bond acceptors (Lipinski definition) is 4. The summed E-state index contributed by atoms with van der Waals surface area (Å²) >= 11 is 6.00. The van der Waals surface area contributed by atoms with E-state index in [0.717, 1.165) is 22.6 Å². The van der Waals surface area contributed by atoms with Gasteiger partial charge in [0.25, 0.3) is 0 Å². The van der Waals surface area contributed by atoms with Crippen LogP contribution in [0.25, 0.3) is 11.5 Å². The molecule has 0 atom stereocenters. The number of oxazole rings is 1. The highest BCUT2D eigenvalue weighted by atomic mass is 127. The molecule has 2 aromatic carbocycles. The second kappa shape index (κ2) is 11.1. The Hall–Kier alpha value is -2.26. The van der Waals surface area contributed by atoms with Crippen LogP contribution in [0.2, 0.25) is 5.02 Å². The van der Waals surface area contributed by atoms with Crippen LogP contribution < -0.4 is 15.4 Å². The van der Waals surface area contributed by atoms with Crippen LogP contribution in [0.4, 0.5) is 0 Å². The molecule has 8 heteroatoms. The number of nitrogens with one attached hydrogen (secondary N) is 2. The average molecular weight is 527 g/mol. The largest absolute Gasteiger partial charge is 0.496 e. The normalized spacial score (nSPS) is 11.0. The summed E-state index contributed by atoms with van der Waals surface area (Å²) in [5.41, 5.74) is 3.93. The summed E-state index contributed by atoms with van der Waals surface area (Å²) in [5.74, 6) is 1.98. The summed E-state index contributed by atoms with van der Waals surface area (Å²) < 4.78 is 11.0. The summed E-state index contributed by atoms with van der Waals surface area (Å²) in [6.07, 6.45) is 1.65. The highest BCUT2D eigenvalue weighted by Crippen LogP contribution is 2.23. The molecule has 0 aliphatic rings. The van der Waals surface area contributed by atoms with Crippen molar-refractivity contribution < 1.29 is 9.15 Å². The van der Waals surface area contributed by atoms with Crippen LogP contribution in [-0.2, 0) is 13.1 Å². The first-order chi connectivity index (χ1) is 13.6. The highest BCUT2D eigenvalue weighted by Gasteiger charge is 2.08. The molecule has 0 spiro atoms. The van der Waals surface area contributed by atoms with Gasteiger partial charge in [-0.15, -0.1) is 24.0 Å². The molecule has 0 saturated heterocycles. The number of aliphatic imine (C=N–C) groups is 1. The van der Waals surface area contributed by atoms with Gasteiger partial charge < -0.3 is 19.8 Å². The third kappa shape index (κ3) is 6.37. The zero-order valence-corrected chi connectivity index (χ0v) is 19.6. The fourth-order valence-electron chi connectivity index (χ4n) is 2.66. The van der Waals surface area contributed by atoms with Crippen molar-refractivity contribution in [3.05, 3.63) is 70.6 Å². The van der Waals surface area contributed by atoms with E-state index in [0.29, 0.717) is 30.0 Å². The third-order valence-corrected chi connectivity index (χ3v) is 4.44. The van der Waals surface area contributed by atoms with Crippen molar-refractivity contribution in [3.8, 4) is 17.2 Å². The average Bonchev–Trinajstić information content (AvgIpc) is 3.18. The van der Waals surface area contributed by atoms with Crippen molar-refractivity contribution in [3.63, 3.8) is 0 Å². The molecule has 1 heterocycles. The van der Waals surface area contributed by atoms with E-state index in [2.05, 4.69) is 20.6 Å². The maximum atomic E-state index is 6.00. The van der Waals surface area contributed by atoms with E-state index >= 15 is 0 Å². The molecular weight excluding hydrogens is 503 g/mol. The van der Waals surface area contributed by atoms with E-state index in [-0.39, 0.29) is 24.0 Å². The molecule has 0 aliphatic carbocycles. The van der Waals surface area contributed by atoms with Gasteiger partial charge in [-0.2, -0.15) is 0 Å². The molecule has 0 radical (unpaired) electrons. The topological polar surface area (TPSA) is 71.7 Å². The Morgan fingerprint density at radius 3 is 2.55 bits per heavy atom. The molecule has 0 bridgehead atoms. The van der Waals surface area contributed by atoms with Crippen molar-refractivity contribution in [1.82, 2.24) is 15.6 Å². The number of hydrogen-bond donors (Lipinski definition) is 2. The van der Waals surface area contributed by atoms with Crippen LogP contribution in [0.5, 0.6) is 5.75 Å². The van der Waals surface area contributed by atoms with Crippen LogP contribution in [0.15, 0.2) is 58.1 Å². The molecule has 0 amide bonds. The maximum absolute atomic E-state index is 6.00. The minimum absolute atomic E-state index is 0. The molecule has 1 aromatic heterocycles. The van der Waals surface area contributed by atoms with E-state index in [1.54, 1.807) is 26.5 Å². The first kappa shape index (κ1) is 23.0. The summed E-state index contributed by atoms with van der Waals surface area (Å²) in [6, 6.07) is 13.6. The van der Waals surface area contributed by atoms with Crippen molar-refractivity contribution in [2.75, 3.05) is 14.2 Å². The molecule has 0 unspecified atom stereocenters. The Bertz CT molecular complexity index is 958. The van der Waals surface area contributed by atoms with Crippen molar-refractivity contribution in [1.29, 1.82) is 0 Å². The number of benzene rings is 2. The number of methoxy groups -OCH3 is 1. The van der Waals surface area contributed by atoms with Crippen molar-refractivity contribution in [2.24, 2.45) is 4.99 Å². The minimum Gasteiger partial charge on any atom is -0.496 e. The number of nitrogens with zero attached hydrogens (tertiary/aromatic N) is 2. The Kier molecular flexibility index (Phi) is 8.78. The molecule has 0 saturated carbocycles. The molecular formula is C21H24ClIN4O2. The molecule has 2 N–H and O–H groups in total. The Morgan fingerprint density at radius 2 is 1.86 bits per heavy atom.